The lowest BCUT2D eigenvalue weighted by atomic mass is 9.99. The molecule has 2 rings (SSSR count). The Balaban J connectivity index is 2.26. The molecule has 1 aliphatic rings. The van der Waals surface area contributed by atoms with Crippen molar-refractivity contribution in [3.8, 4) is 0 Å². The van der Waals surface area contributed by atoms with Gasteiger partial charge in [0, 0.05) is 19.5 Å². The molecule has 92 valence electrons. The van der Waals surface area contributed by atoms with Gasteiger partial charge in [0.05, 0.1) is 7.11 Å². The van der Waals surface area contributed by atoms with Gasteiger partial charge in [-0.25, -0.2) is 4.79 Å². The standard InChI is InChI=1S/C13H18N2O2/c1-15-9-8-14-13(15,12(16)17-2)10-11-6-4-3-5-7-11/h3-7,14H,8-10H2,1-2H3. The summed E-state index contributed by atoms with van der Waals surface area (Å²) in [4.78, 5) is 14.0. The molecule has 1 N–H and O–H groups in total. The molecule has 1 aliphatic heterocycles. The highest BCUT2D eigenvalue weighted by molar-refractivity contribution is 5.81. The summed E-state index contributed by atoms with van der Waals surface area (Å²) in [6.07, 6.45) is 0.622. The summed E-state index contributed by atoms with van der Waals surface area (Å²) in [6, 6.07) is 9.99. The lowest BCUT2D eigenvalue weighted by Crippen LogP contribution is -2.58. The first-order chi connectivity index (χ1) is 8.19. The van der Waals surface area contributed by atoms with E-state index in [1.165, 1.54) is 7.11 Å². The minimum absolute atomic E-state index is 0.221. The van der Waals surface area contributed by atoms with E-state index < -0.39 is 5.66 Å². The highest BCUT2D eigenvalue weighted by Gasteiger charge is 2.46. The van der Waals surface area contributed by atoms with E-state index in [0.29, 0.717) is 6.42 Å². The van der Waals surface area contributed by atoms with Gasteiger partial charge in [-0.05, 0) is 12.6 Å². The maximum Gasteiger partial charge on any atom is 0.341 e. The van der Waals surface area contributed by atoms with Crippen LogP contribution in [0.1, 0.15) is 5.56 Å². The van der Waals surface area contributed by atoms with Crippen LogP contribution in [-0.4, -0.2) is 43.8 Å². The quantitative estimate of drug-likeness (QED) is 0.779. The van der Waals surface area contributed by atoms with Crippen molar-refractivity contribution in [3.05, 3.63) is 35.9 Å². The Hall–Kier alpha value is -1.39. The molecule has 1 fully saturated rings. The van der Waals surface area contributed by atoms with Crippen LogP contribution in [0.3, 0.4) is 0 Å². The van der Waals surface area contributed by atoms with Gasteiger partial charge in [0.15, 0.2) is 5.66 Å². The highest BCUT2D eigenvalue weighted by atomic mass is 16.5. The van der Waals surface area contributed by atoms with Crippen molar-refractivity contribution in [3.63, 3.8) is 0 Å². The third kappa shape index (κ3) is 2.18. The summed E-state index contributed by atoms with van der Waals surface area (Å²) in [6.45, 7) is 1.65. The van der Waals surface area contributed by atoms with Gasteiger partial charge >= 0.3 is 5.97 Å². The number of carbonyl (C=O) groups excluding carboxylic acids is 1. The Morgan fingerprint density at radius 2 is 2.18 bits per heavy atom. The van der Waals surface area contributed by atoms with Gasteiger partial charge in [-0.3, -0.25) is 10.2 Å². The van der Waals surface area contributed by atoms with Crippen LogP contribution in [0, 0.1) is 0 Å². The van der Waals surface area contributed by atoms with E-state index in [9.17, 15) is 4.79 Å². The largest absolute Gasteiger partial charge is 0.467 e. The molecule has 1 atom stereocenters. The Morgan fingerprint density at radius 3 is 2.71 bits per heavy atom. The molecular weight excluding hydrogens is 216 g/mol. The second kappa shape index (κ2) is 4.85. The van der Waals surface area contributed by atoms with Crippen LogP contribution in [0.2, 0.25) is 0 Å². The number of rotatable bonds is 3. The predicted octanol–water partition coefficient (Wildman–Crippen LogP) is 0.633. The van der Waals surface area contributed by atoms with E-state index in [-0.39, 0.29) is 5.97 Å². The molecule has 0 radical (unpaired) electrons. The van der Waals surface area contributed by atoms with E-state index >= 15 is 0 Å². The Labute approximate surface area is 102 Å². The van der Waals surface area contributed by atoms with E-state index in [1.54, 1.807) is 0 Å². The molecule has 0 bridgehead atoms. The van der Waals surface area contributed by atoms with Gasteiger partial charge in [-0.2, -0.15) is 0 Å². The SMILES string of the molecule is COC(=O)C1(Cc2ccccc2)NCCN1C. The van der Waals surface area contributed by atoms with Crippen LogP contribution in [0.4, 0.5) is 0 Å². The molecule has 1 aromatic carbocycles. The topological polar surface area (TPSA) is 41.6 Å². The molecule has 1 heterocycles. The number of ether oxygens (including phenoxy) is 1. The summed E-state index contributed by atoms with van der Waals surface area (Å²) in [5, 5.41) is 3.27. The van der Waals surface area contributed by atoms with Gasteiger partial charge in [-0.1, -0.05) is 30.3 Å². The molecule has 0 spiro atoms. The van der Waals surface area contributed by atoms with Gasteiger partial charge in [-0.15, -0.1) is 0 Å². The molecule has 4 heteroatoms. The molecule has 17 heavy (non-hydrogen) atoms. The fourth-order valence-corrected chi connectivity index (χ4v) is 2.31. The zero-order chi connectivity index (χ0) is 12.3. The summed E-state index contributed by atoms with van der Waals surface area (Å²) in [5.74, 6) is -0.221. The minimum Gasteiger partial charge on any atom is -0.467 e. The van der Waals surface area contributed by atoms with Crippen molar-refractivity contribution >= 4 is 5.97 Å². The lowest BCUT2D eigenvalue weighted by Gasteiger charge is -2.33. The number of likely N-dealkylation sites (N-methyl/N-ethyl adjacent to an activating group) is 1. The maximum absolute atomic E-state index is 12.0. The van der Waals surface area contributed by atoms with Crippen molar-refractivity contribution in [1.29, 1.82) is 0 Å². The monoisotopic (exact) mass is 234 g/mol. The zero-order valence-corrected chi connectivity index (χ0v) is 10.3. The number of hydrogen-bond donors (Lipinski definition) is 1. The van der Waals surface area contributed by atoms with Crippen LogP contribution < -0.4 is 5.32 Å². The Kier molecular flexibility index (Phi) is 3.45. The van der Waals surface area contributed by atoms with Gasteiger partial charge < -0.3 is 4.74 Å². The Bertz CT molecular complexity index is 394. The second-order valence-corrected chi connectivity index (χ2v) is 4.36. The van der Waals surface area contributed by atoms with Gasteiger partial charge in [0.1, 0.15) is 0 Å². The van der Waals surface area contributed by atoms with Crippen molar-refractivity contribution in [2.75, 3.05) is 27.2 Å². The van der Waals surface area contributed by atoms with Crippen molar-refractivity contribution in [1.82, 2.24) is 10.2 Å². The molecule has 0 aromatic heterocycles. The van der Waals surface area contributed by atoms with Gasteiger partial charge in [0.2, 0.25) is 0 Å². The van der Waals surface area contributed by atoms with Crippen LogP contribution in [-0.2, 0) is 16.0 Å². The number of nitrogens with zero attached hydrogens (tertiary/aromatic N) is 1. The number of esters is 1. The van der Waals surface area contributed by atoms with E-state index in [4.69, 9.17) is 4.74 Å². The summed E-state index contributed by atoms with van der Waals surface area (Å²) >= 11 is 0. The van der Waals surface area contributed by atoms with Crippen LogP contribution in [0.5, 0.6) is 0 Å². The average Bonchev–Trinajstić information content (AvgIpc) is 2.72. The van der Waals surface area contributed by atoms with Gasteiger partial charge in [0.25, 0.3) is 0 Å². The molecule has 4 nitrogen and oxygen atoms in total. The molecule has 1 aromatic rings. The van der Waals surface area contributed by atoms with Crippen LogP contribution in [0.25, 0.3) is 0 Å². The zero-order valence-electron chi connectivity index (χ0n) is 10.3. The average molecular weight is 234 g/mol. The molecule has 0 amide bonds. The third-order valence-electron chi connectivity index (χ3n) is 3.34. The van der Waals surface area contributed by atoms with Crippen molar-refractivity contribution in [2.24, 2.45) is 0 Å². The summed E-state index contributed by atoms with van der Waals surface area (Å²) in [5.41, 5.74) is 0.412. The molecule has 0 saturated carbocycles. The Morgan fingerprint density at radius 1 is 1.47 bits per heavy atom. The number of hydrogen-bond acceptors (Lipinski definition) is 4. The van der Waals surface area contributed by atoms with E-state index in [2.05, 4.69) is 5.32 Å². The number of methoxy groups -OCH3 is 1. The number of nitrogens with one attached hydrogen (secondary N) is 1. The molecule has 0 aliphatic carbocycles. The first-order valence-corrected chi connectivity index (χ1v) is 5.77. The number of benzene rings is 1. The maximum atomic E-state index is 12.0. The minimum atomic E-state index is -0.712. The fraction of sp³-hybridized carbons (Fsp3) is 0.462. The lowest BCUT2D eigenvalue weighted by molar-refractivity contribution is -0.154. The first kappa shape index (κ1) is 12.1. The second-order valence-electron chi connectivity index (χ2n) is 4.36. The third-order valence-corrected chi connectivity index (χ3v) is 3.34. The van der Waals surface area contributed by atoms with E-state index in [0.717, 1.165) is 18.7 Å². The van der Waals surface area contributed by atoms with Crippen LogP contribution >= 0.6 is 0 Å². The van der Waals surface area contributed by atoms with Crippen molar-refractivity contribution in [2.45, 2.75) is 12.1 Å². The summed E-state index contributed by atoms with van der Waals surface area (Å²) < 4.78 is 4.94. The first-order valence-electron chi connectivity index (χ1n) is 5.77. The highest BCUT2D eigenvalue weighted by Crippen LogP contribution is 2.22. The smallest absolute Gasteiger partial charge is 0.341 e. The number of carbonyl (C=O) groups is 1. The molecule has 1 unspecified atom stereocenters. The normalized spacial score (nSPS) is 24.8. The van der Waals surface area contributed by atoms with E-state index in [1.807, 2.05) is 42.3 Å². The summed E-state index contributed by atoms with van der Waals surface area (Å²) in [7, 11) is 3.38. The van der Waals surface area contributed by atoms with Crippen molar-refractivity contribution < 1.29 is 9.53 Å². The van der Waals surface area contributed by atoms with Crippen LogP contribution in [0.15, 0.2) is 30.3 Å². The molecular formula is C13H18N2O2. The fourth-order valence-electron chi connectivity index (χ4n) is 2.31. The molecule has 1 saturated heterocycles. The predicted molar refractivity (Wildman–Crippen MR) is 65.5 cm³/mol.